The summed E-state index contributed by atoms with van der Waals surface area (Å²) >= 11 is 0. The van der Waals surface area contributed by atoms with Crippen LogP contribution in [0.1, 0.15) is 36.8 Å². The molecule has 0 saturated carbocycles. The largest absolute Gasteiger partial charge is 0.462 e. The summed E-state index contributed by atoms with van der Waals surface area (Å²) in [7, 11) is 0. The molecule has 0 fully saturated rings. The number of pyridine rings is 1. The first-order valence-corrected chi connectivity index (χ1v) is 7.57. The van der Waals surface area contributed by atoms with Gasteiger partial charge >= 0.3 is 5.97 Å². The van der Waals surface area contributed by atoms with Crippen LogP contribution in [0.5, 0.6) is 0 Å². The van der Waals surface area contributed by atoms with Gasteiger partial charge in [0.1, 0.15) is 0 Å². The van der Waals surface area contributed by atoms with Gasteiger partial charge in [-0.2, -0.15) is 0 Å². The number of esters is 1. The summed E-state index contributed by atoms with van der Waals surface area (Å²) in [5.74, 6) is 0.0210. The summed E-state index contributed by atoms with van der Waals surface area (Å²) in [4.78, 5) is 19.5. The van der Waals surface area contributed by atoms with E-state index in [0.717, 1.165) is 17.0 Å². The molecule has 0 amide bonds. The number of ether oxygens (including phenoxy) is 1. The van der Waals surface area contributed by atoms with Crippen molar-refractivity contribution in [3.63, 3.8) is 0 Å². The number of H-pyrrole nitrogens is 1. The van der Waals surface area contributed by atoms with Gasteiger partial charge < -0.3 is 15.5 Å². The molecule has 2 aromatic heterocycles. The van der Waals surface area contributed by atoms with E-state index in [-0.39, 0.29) is 12.0 Å². The third-order valence-electron chi connectivity index (χ3n) is 3.68. The van der Waals surface area contributed by atoms with Gasteiger partial charge in [-0.05, 0) is 31.0 Å². The van der Waals surface area contributed by atoms with Crippen molar-refractivity contribution in [2.24, 2.45) is 11.7 Å². The van der Waals surface area contributed by atoms with Crippen LogP contribution in [0.25, 0.3) is 11.3 Å². The Labute approximate surface area is 130 Å². The zero-order valence-corrected chi connectivity index (χ0v) is 13.3. The lowest BCUT2D eigenvalue weighted by molar-refractivity contribution is 0.0525. The molecule has 0 bridgehead atoms. The zero-order valence-electron chi connectivity index (χ0n) is 13.3. The molecular weight excluding hydrogens is 278 g/mol. The molecular formula is C17H23N3O2. The third kappa shape index (κ3) is 3.74. The Balaban J connectivity index is 2.37. The Morgan fingerprint density at radius 3 is 2.64 bits per heavy atom. The number of aromatic nitrogens is 2. The summed E-state index contributed by atoms with van der Waals surface area (Å²) < 4.78 is 5.15. The third-order valence-corrected chi connectivity index (χ3v) is 3.68. The lowest BCUT2D eigenvalue weighted by Crippen LogP contribution is -2.29. The highest BCUT2D eigenvalue weighted by molar-refractivity contribution is 5.92. The molecule has 22 heavy (non-hydrogen) atoms. The summed E-state index contributed by atoms with van der Waals surface area (Å²) in [5.41, 5.74) is 9.39. The first kappa shape index (κ1) is 16.2. The maximum atomic E-state index is 12.2. The van der Waals surface area contributed by atoms with Gasteiger partial charge in [-0.1, -0.05) is 13.8 Å². The Kier molecular flexibility index (Phi) is 5.33. The second kappa shape index (κ2) is 7.22. The van der Waals surface area contributed by atoms with Crippen LogP contribution in [0, 0.1) is 5.92 Å². The molecule has 0 saturated heterocycles. The molecule has 1 atom stereocenters. The Bertz CT molecular complexity index is 620. The Morgan fingerprint density at radius 1 is 1.36 bits per heavy atom. The summed E-state index contributed by atoms with van der Waals surface area (Å²) in [6.45, 7) is 6.29. The number of hydrogen-bond acceptors (Lipinski definition) is 4. The van der Waals surface area contributed by atoms with Crippen molar-refractivity contribution in [2.45, 2.75) is 33.2 Å². The van der Waals surface area contributed by atoms with Crippen molar-refractivity contribution in [1.82, 2.24) is 9.97 Å². The maximum Gasteiger partial charge on any atom is 0.339 e. The van der Waals surface area contributed by atoms with Crippen molar-refractivity contribution in [3.05, 3.63) is 41.9 Å². The number of rotatable bonds is 6. The van der Waals surface area contributed by atoms with Crippen molar-refractivity contribution < 1.29 is 9.53 Å². The first-order chi connectivity index (χ1) is 10.5. The van der Waals surface area contributed by atoms with Gasteiger partial charge in [-0.15, -0.1) is 0 Å². The molecule has 2 aromatic rings. The molecule has 0 aromatic carbocycles. The van der Waals surface area contributed by atoms with Crippen LogP contribution in [-0.4, -0.2) is 28.6 Å². The fraction of sp³-hybridized carbons (Fsp3) is 0.412. The number of carbonyl (C=O) groups is 1. The fourth-order valence-electron chi connectivity index (χ4n) is 2.21. The van der Waals surface area contributed by atoms with Gasteiger partial charge in [0.15, 0.2) is 0 Å². The maximum absolute atomic E-state index is 12.2. The van der Waals surface area contributed by atoms with E-state index in [1.165, 1.54) is 0 Å². The number of nitrogens with one attached hydrogen (secondary N) is 1. The molecule has 5 heteroatoms. The van der Waals surface area contributed by atoms with Crippen LogP contribution in [0.15, 0.2) is 30.6 Å². The lowest BCUT2D eigenvalue weighted by Gasteiger charge is -2.15. The van der Waals surface area contributed by atoms with Crippen molar-refractivity contribution in [3.8, 4) is 11.3 Å². The Morgan fingerprint density at radius 2 is 2.05 bits per heavy atom. The summed E-state index contributed by atoms with van der Waals surface area (Å²) in [5, 5.41) is 0. The second-order valence-electron chi connectivity index (χ2n) is 5.64. The Hall–Kier alpha value is -2.14. The van der Waals surface area contributed by atoms with Crippen LogP contribution < -0.4 is 5.73 Å². The predicted octanol–water partition coefficient (Wildman–Crippen LogP) is 2.78. The van der Waals surface area contributed by atoms with Gasteiger partial charge in [-0.25, -0.2) is 4.79 Å². The molecule has 0 aliphatic rings. The normalized spacial score (nSPS) is 12.4. The monoisotopic (exact) mass is 301 g/mol. The van der Waals surface area contributed by atoms with Gasteiger partial charge in [0.2, 0.25) is 0 Å². The van der Waals surface area contributed by atoms with Crippen LogP contribution in [-0.2, 0) is 11.2 Å². The molecule has 118 valence electrons. The van der Waals surface area contributed by atoms with E-state index >= 15 is 0 Å². The van der Waals surface area contributed by atoms with Gasteiger partial charge in [0.25, 0.3) is 0 Å². The highest BCUT2D eigenvalue weighted by Crippen LogP contribution is 2.23. The minimum absolute atomic E-state index is 0.0166. The zero-order chi connectivity index (χ0) is 16.1. The molecule has 2 heterocycles. The highest BCUT2D eigenvalue weighted by atomic mass is 16.5. The van der Waals surface area contributed by atoms with Crippen LogP contribution in [0.4, 0.5) is 0 Å². The fourth-order valence-corrected chi connectivity index (χ4v) is 2.21. The average molecular weight is 301 g/mol. The van der Waals surface area contributed by atoms with E-state index in [1.54, 1.807) is 19.3 Å². The number of nitrogens with two attached hydrogens (primary N) is 1. The molecule has 5 nitrogen and oxygen atoms in total. The summed E-state index contributed by atoms with van der Waals surface area (Å²) in [6.07, 6.45) is 4.05. The van der Waals surface area contributed by atoms with E-state index in [9.17, 15) is 4.79 Å². The smallest absolute Gasteiger partial charge is 0.339 e. The molecule has 0 aliphatic carbocycles. The quantitative estimate of drug-likeness (QED) is 0.804. The number of carbonyl (C=O) groups excluding carboxylic acids is 1. The lowest BCUT2D eigenvalue weighted by atomic mass is 9.99. The van der Waals surface area contributed by atoms with Gasteiger partial charge in [-0.3, -0.25) is 4.98 Å². The van der Waals surface area contributed by atoms with E-state index < -0.39 is 0 Å². The predicted molar refractivity (Wildman–Crippen MR) is 86.5 cm³/mol. The molecule has 3 N–H and O–H groups in total. The van der Waals surface area contributed by atoms with E-state index in [2.05, 4.69) is 23.8 Å². The minimum atomic E-state index is -0.315. The summed E-state index contributed by atoms with van der Waals surface area (Å²) in [6, 6.07) is 5.60. The van der Waals surface area contributed by atoms with E-state index in [1.807, 2.05) is 18.2 Å². The van der Waals surface area contributed by atoms with E-state index in [0.29, 0.717) is 24.5 Å². The standard InChI is InChI=1S/C17H23N3O2/c1-4-22-17(21)13-9-15(12-5-7-19-8-6-12)20-16(13)10-14(18)11(2)3/h5-9,11,14,20H,4,10,18H2,1-3H3. The molecule has 1 unspecified atom stereocenters. The molecule has 0 spiro atoms. The van der Waals surface area contributed by atoms with Crippen LogP contribution in [0.3, 0.4) is 0 Å². The number of nitrogens with zero attached hydrogens (tertiary/aromatic N) is 1. The van der Waals surface area contributed by atoms with Crippen molar-refractivity contribution >= 4 is 5.97 Å². The van der Waals surface area contributed by atoms with Gasteiger partial charge in [0, 0.05) is 41.8 Å². The number of hydrogen-bond donors (Lipinski definition) is 2. The van der Waals surface area contributed by atoms with Crippen molar-refractivity contribution in [1.29, 1.82) is 0 Å². The average Bonchev–Trinajstić information content (AvgIpc) is 2.92. The molecule has 0 radical (unpaired) electrons. The van der Waals surface area contributed by atoms with Gasteiger partial charge in [0.05, 0.1) is 12.2 Å². The molecule has 2 rings (SSSR count). The minimum Gasteiger partial charge on any atom is -0.462 e. The SMILES string of the molecule is CCOC(=O)c1cc(-c2ccncc2)[nH]c1CC(N)C(C)C. The molecule has 0 aliphatic heterocycles. The van der Waals surface area contributed by atoms with E-state index in [4.69, 9.17) is 10.5 Å². The van der Waals surface area contributed by atoms with Crippen LogP contribution in [0.2, 0.25) is 0 Å². The first-order valence-electron chi connectivity index (χ1n) is 7.57. The number of aromatic amines is 1. The second-order valence-corrected chi connectivity index (χ2v) is 5.64. The van der Waals surface area contributed by atoms with Crippen molar-refractivity contribution in [2.75, 3.05) is 6.61 Å². The topological polar surface area (TPSA) is 81.0 Å². The highest BCUT2D eigenvalue weighted by Gasteiger charge is 2.20. The van der Waals surface area contributed by atoms with Crippen LogP contribution >= 0.6 is 0 Å².